The predicted octanol–water partition coefficient (Wildman–Crippen LogP) is 2.19. The fourth-order valence-corrected chi connectivity index (χ4v) is 1.85. The number of rotatable bonds is 4. The maximum atomic E-state index is 6.06. The van der Waals surface area contributed by atoms with Gasteiger partial charge in [0.15, 0.2) is 0 Å². The summed E-state index contributed by atoms with van der Waals surface area (Å²) in [5, 5.41) is 8.08. The van der Waals surface area contributed by atoms with Crippen LogP contribution in [0.15, 0.2) is 34.7 Å². The van der Waals surface area contributed by atoms with Gasteiger partial charge in [-0.2, -0.15) is 0 Å². The Morgan fingerprint density at radius 2 is 2.00 bits per heavy atom. The zero-order chi connectivity index (χ0) is 11.7. The van der Waals surface area contributed by atoms with E-state index in [1.807, 2.05) is 18.2 Å². The highest BCUT2D eigenvalue weighted by Gasteiger charge is 2.30. The SMILES string of the molecule is NC(Cc1ccccc1)c1nnc(C2CC2)o1. The van der Waals surface area contributed by atoms with Crippen molar-refractivity contribution in [3.8, 4) is 0 Å². The van der Waals surface area contributed by atoms with Gasteiger partial charge in [0.05, 0.1) is 6.04 Å². The van der Waals surface area contributed by atoms with Crippen molar-refractivity contribution in [3.05, 3.63) is 47.7 Å². The van der Waals surface area contributed by atoms with E-state index in [1.165, 1.54) is 5.56 Å². The van der Waals surface area contributed by atoms with Gasteiger partial charge in [-0.25, -0.2) is 0 Å². The average Bonchev–Trinajstić information content (AvgIpc) is 3.08. The summed E-state index contributed by atoms with van der Waals surface area (Å²) in [5.41, 5.74) is 7.25. The molecule has 1 fully saturated rings. The summed E-state index contributed by atoms with van der Waals surface area (Å²) in [5.74, 6) is 1.79. The molecule has 17 heavy (non-hydrogen) atoms. The second-order valence-electron chi connectivity index (χ2n) is 4.55. The molecule has 2 N–H and O–H groups in total. The van der Waals surface area contributed by atoms with Gasteiger partial charge in [-0.1, -0.05) is 30.3 Å². The normalized spacial score (nSPS) is 17.0. The van der Waals surface area contributed by atoms with E-state index in [0.717, 1.165) is 25.2 Å². The number of nitrogens with two attached hydrogens (primary N) is 1. The second kappa shape index (κ2) is 4.30. The van der Waals surface area contributed by atoms with Crippen LogP contribution in [0.3, 0.4) is 0 Å². The summed E-state index contributed by atoms with van der Waals surface area (Å²) in [7, 11) is 0. The van der Waals surface area contributed by atoms with Crippen molar-refractivity contribution in [1.29, 1.82) is 0 Å². The molecule has 3 rings (SSSR count). The third kappa shape index (κ3) is 2.36. The summed E-state index contributed by atoms with van der Waals surface area (Å²) in [4.78, 5) is 0. The molecule has 2 aromatic rings. The summed E-state index contributed by atoms with van der Waals surface area (Å²) in [6.07, 6.45) is 3.05. The third-order valence-corrected chi connectivity index (χ3v) is 3.00. The first-order chi connectivity index (χ1) is 8.33. The lowest BCUT2D eigenvalue weighted by molar-refractivity contribution is 0.417. The lowest BCUT2D eigenvalue weighted by atomic mass is 10.1. The van der Waals surface area contributed by atoms with Gasteiger partial charge in [0, 0.05) is 5.92 Å². The third-order valence-electron chi connectivity index (χ3n) is 3.00. The minimum absolute atomic E-state index is 0.211. The number of aromatic nitrogens is 2. The largest absolute Gasteiger partial charge is 0.423 e. The van der Waals surface area contributed by atoms with Crippen molar-refractivity contribution in [2.45, 2.75) is 31.2 Å². The van der Waals surface area contributed by atoms with Gasteiger partial charge in [-0.3, -0.25) is 0 Å². The summed E-state index contributed by atoms with van der Waals surface area (Å²) in [6, 6.07) is 9.90. The first-order valence-electron chi connectivity index (χ1n) is 5.96. The number of hydrogen-bond donors (Lipinski definition) is 1. The van der Waals surface area contributed by atoms with Crippen LogP contribution < -0.4 is 5.73 Å². The van der Waals surface area contributed by atoms with E-state index >= 15 is 0 Å². The Labute approximate surface area is 99.8 Å². The Kier molecular flexibility index (Phi) is 2.65. The molecule has 0 amide bonds. The van der Waals surface area contributed by atoms with E-state index in [9.17, 15) is 0 Å². The molecule has 0 bridgehead atoms. The van der Waals surface area contributed by atoms with E-state index in [4.69, 9.17) is 10.2 Å². The van der Waals surface area contributed by atoms with Crippen LogP contribution in [0, 0.1) is 0 Å². The monoisotopic (exact) mass is 229 g/mol. The molecular formula is C13H15N3O. The maximum Gasteiger partial charge on any atom is 0.233 e. The molecule has 1 heterocycles. The predicted molar refractivity (Wildman–Crippen MR) is 63.3 cm³/mol. The fourth-order valence-electron chi connectivity index (χ4n) is 1.85. The zero-order valence-corrected chi connectivity index (χ0v) is 9.54. The Morgan fingerprint density at radius 1 is 1.24 bits per heavy atom. The molecule has 4 heteroatoms. The number of hydrogen-bond acceptors (Lipinski definition) is 4. The van der Waals surface area contributed by atoms with E-state index in [-0.39, 0.29) is 6.04 Å². The van der Waals surface area contributed by atoms with Gasteiger partial charge >= 0.3 is 0 Å². The van der Waals surface area contributed by atoms with Gasteiger partial charge in [-0.05, 0) is 24.8 Å². The zero-order valence-electron chi connectivity index (χ0n) is 9.54. The minimum atomic E-state index is -0.211. The van der Waals surface area contributed by atoms with E-state index in [2.05, 4.69) is 22.3 Å². The molecule has 0 spiro atoms. The van der Waals surface area contributed by atoms with E-state index in [0.29, 0.717) is 11.8 Å². The molecule has 0 radical (unpaired) electrons. The highest BCUT2D eigenvalue weighted by molar-refractivity contribution is 5.16. The fraction of sp³-hybridized carbons (Fsp3) is 0.385. The molecule has 1 aliphatic carbocycles. The van der Waals surface area contributed by atoms with Crippen molar-refractivity contribution in [1.82, 2.24) is 10.2 Å². The Morgan fingerprint density at radius 3 is 2.71 bits per heavy atom. The van der Waals surface area contributed by atoms with Gasteiger partial charge in [-0.15, -0.1) is 10.2 Å². The van der Waals surface area contributed by atoms with Crippen LogP contribution in [-0.2, 0) is 6.42 Å². The van der Waals surface area contributed by atoms with E-state index < -0.39 is 0 Å². The topological polar surface area (TPSA) is 64.9 Å². The Hall–Kier alpha value is -1.68. The van der Waals surface area contributed by atoms with Gasteiger partial charge in [0.2, 0.25) is 11.8 Å². The molecule has 88 valence electrons. The van der Waals surface area contributed by atoms with Crippen molar-refractivity contribution in [2.75, 3.05) is 0 Å². The van der Waals surface area contributed by atoms with Crippen LogP contribution in [0.4, 0.5) is 0 Å². The molecule has 1 saturated carbocycles. The molecular weight excluding hydrogens is 214 g/mol. The van der Waals surface area contributed by atoms with Crippen LogP contribution in [0.25, 0.3) is 0 Å². The highest BCUT2D eigenvalue weighted by atomic mass is 16.4. The summed E-state index contributed by atoms with van der Waals surface area (Å²) < 4.78 is 5.59. The van der Waals surface area contributed by atoms with Crippen molar-refractivity contribution < 1.29 is 4.42 Å². The standard InChI is InChI=1S/C13H15N3O/c14-11(8-9-4-2-1-3-5-9)13-16-15-12(17-13)10-6-7-10/h1-5,10-11H,6-8,14H2. The summed E-state index contributed by atoms with van der Waals surface area (Å²) >= 11 is 0. The maximum absolute atomic E-state index is 6.06. The lowest BCUT2D eigenvalue weighted by Gasteiger charge is -2.06. The molecule has 1 unspecified atom stereocenters. The highest BCUT2D eigenvalue weighted by Crippen LogP contribution is 2.39. The molecule has 0 saturated heterocycles. The average molecular weight is 229 g/mol. The van der Waals surface area contributed by atoms with Crippen LogP contribution >= 0.6 is 0 Å². The van der Waals surface area contributed by atoms with Gasteiger partial charge in [0.25, 0.3) is 0 Å². The quantitative estimate of drug-likeness (QED) is 0.872. The second-order valence-corrected chi connectivity index (χ2v) is 4.55. The van der Waals surface area contributed by atoms with Crippen LogP contribution in [0.1, 0.15) is 42.1 Å². The minimum Gasteiger partial charge on any atom is -0.423 e. The smallest absolute Gasteiger partial charge is 0.233 e. The molecule has 1 atom stereocenters. The molecule has 1 aromatic heterocycles. The van der Waals surface area contributed by atoms with Crippen molar-refractivity contribution >= 4 is 0 Å². The van der Waals surface area contributed by atoms with Crippen LogP contribution in [-0.4, -0.2) is 10.2 Å². The van der Waals surface area contributed by atoms with Crippen LogP contribution in [0.5, 0.6) is 0 Å². The molecule has 0 aliphatic heterocycles. The Balaban J connectivity index is 1.70. The van der Waals surface area contributed by atoms with Gasteiger partial charge < -0.3 is 10.2 Å². The Bertz CT molecular complexity index is 490. The number of benzene rings is 1. The molecule has 1 aromatic carbocycles. The van der Waals surface area contributed by atoms with E-state index in [1.54, 1.807) is 0 Å². The number of nitrogens with zero attached hydrogens (tertiary/aromatic N) is 2. The van der Waals surface area contributed by atoms with Gasteiger partial charge in [0.1, 0.15) is 0 Å². The molecule has 4 nitrogen and oxygen atoms in total. The lowest BCUT2D eigenvalue weighted by Crippen LogP contribution is -2.13. The van der Waals surface area contributed by atoms with Crippen molar-refractivity contribution in [2.24, 2.45) is 5.73 Å². The summed E-state index contributed by atoms with van der Waals surface area (Å²) in [6.45, 7) is 0. The van der Waals surface area contributed by atoms with Crippen molar-refractivity contribution in [3.63, 3.8) is 0 Å². The van der Waals surface area contributed by atoms with Crippen LogP contribution in [0.2, 0.25) is 0 Å². The first kappa shape index (κ1) is 10.5. The molecule has 1 aliphatic rings. The first-order valence-corrected chi connectivity index (χ1v) is 5.96.